The van der Waals surface area contributed by atoms with Crippen molar-refractivity contribution in [3.05, 3.63) is 46.7 Å². The molecule has 1 unspecified atom stereocenters. The van der Waals surface area contributed by atoms with Crippen molar-refractivity contribution in [1.29, 1.82) is 0 Å². The Hall–Kier alpha value is -2.32. The summed E-state index contributed by atoms with van der Waals surface area (Å²) < 4.78 is 37.9. The summed E-state index contributed by atoms with van der Waals surface area (Å²) in [6, 6.07) is 6.32. The van der Waals surface area contributed by atoms with Gasteiger partial charge in [0, 0.05) is 17.8 Å². The van der Waals surface area contributed by atoms with Crippen LogP contribution in [-0.2, 0) is 21.2 Å². The number of anilines is 1. The first-order chi connectivity index (χ1) is 11.8. The van der Waals surface area contributed by atoms with Gasteiger partial charge in [0.2, 0.25) is 5.09 Å². The number of esters is 1. The SMILES string of the molecule is COC(=O)c1cc(S(=O)(=O)NC2CCCc3cc(N)ccc32)oc1C. The van der Waals surface area contributed by atoms with Gasteiger partial charge in [0.1, 0.15) is 11.3 Å². The van der Waals surface area contributed by atoms with E-state index >= 15 is 0 Å². The number of rotatable bonds is 4. The fourth-order valence-electron chi connectivity index (χ4n) is 3.10. The average molecular weight is 364 g/mol. The lowest BCUT2D eigenvalue weighted by molar-refractivity contribution is 0.0598. The lowest BCUT2D eigenvalue weighted by Crippen LogP contribution is -2.31. The molecule has 134 valence electrons. The number of hydrogen-bond acceptors (Lipinski definition) is 6. The molecule has 7 nitrogen and oxygen atoms in total. The highest BCUT2D eigenvalue weighted by atomic mass is 32.2. The van der Waals surface area contributed by atoms with Crippen LogP contribution in [0, 0.1) is 6.92 Å². The zero-order chi connectivity index (χ0) is 18.2. The number of methoxy groups -OCH3 is 1. The Morgan fingerprint density at radius 2 is 2.12 bits per heavy atom. The summed E-state index contributed by atoms with van der Waals surface area (Å²) in [4.78, 5) is 11.7. The minimum atomic E-state index is -3.91. The molecule has 1 atom stereocenters. The van der Waals surface area contributed by atoms with Crippen molar-refractivity contribution in [1.82, 2.24) is 4.72 Å². The van der Waals surface area contributed by atoms with Crippen LogP contribution in [0.5, 0.6) is 0 Å². The van der Waals surface area contributed by atoms with Crippen LogP contribution in [0.3, 0.4) is 0 Å². The van der Waals surface area contributed by atoms with Crippen LogP contribution in [0.15, 0.2) is 33.8 Å². The van der Waals surface area contributed by atoms with E-state index in [0.29, 0.717) is 12.1 Å². The van der Waals surface area contributed by atoms with E-state index in [4.69, 9.17) is 10.2 Å². The first-order valence-corrected chi connectivity index (χ1v) is 9.39. The molecule has 8 heteroatoms. The van der Waals surface area contributed by atoms with Gasteiger partial charge in [-0.25, -0.2) is 17.9 Å². The van der Waals surface area contributed by atoms with Gasteiger partial charge in [0.05, 0.1) is 7.11 Å². The second-order valence-electron chi connectivity index (χ2n) is 6.05. The van der Waals surface area contributed by atoms with Gasteiger partial charge in [-0.15, -0.1) is 0 Å². The van der Waals surface area contributed by atoms with Crippen LogP contribution >= 0.6 is 0 Å². The predicted octanol–water partition coefficient (Wildman–Crippen LogP) is 2.31. The molecule has 0 aliphatic heterocycles. The van der Waals surface area contributed by atoms with E-state index in [1.54, 1.807) is 6.07 Å². The van der Waals surface area contributed by atoms with Gasteiger partial charge in [-0.05, 0) is 49.4 Å². The topological polar surface area (TPSA) is 112 Å². The minimum absolute atomic E-state index is 0.0969. The highest BCUT2D eigenvalue weighted by Crippen LogP contribution is 2.32. The largest absolute Gasteiger partial charge is 0.465 e. The summed E-state index contributed by atoms with van der Waals surface area (Å²) in [7, 11) is -2.68. The maximum Gasteiger partial charge on any atom is 0.341 e. The second-order valence-corrected chi connectivity index (χ2v) is 7.70. The highest BCUT2D eigenvalue weighted by Gasteiger charge is 2.29. The Bertz CT molecular complexity index is 917. The van der Waals surface area contributed by atoms with Crippen molar-refractivity contribution in [3.63, 3.8) is 0 Å². The van der Waals surface area contributed by atoms with Gasteiger partial charge in [-0.3, -0.25) is 0 Å². The molecule has 2 aromatic rings. The van der Waals surface area contributed by atoms with E-state index in [9.17, 15) is 13.2 Å². The van der Waals surface area contributed by atoms with E-state index in [1.165, 1.54) is 20.1 Å². The number of sulfonamides is 1. The molecular weight excluding hydrogens is 344 g/mol. The maximum absolute atomic E-state index is 12.7. The van der Waals surface area contributed by atoms with Gasteiger partial charge in [0.15, 0.2) is 0 Å². The van der Waals surface area contributed by atoms with Gasteiger partial charge in [-0.1, -0.05) is 6.07 Å². The van der Waals surface area contributed by atoms with E-state index < -0.39 is 16.0 Å². The summed E-state index contributed by atoms with van der Waals surface area (Å²) in [5.41, 5.74) is 8.53. The summed E-state index contributed by atoms with van der Waals surface area (Å²) in [6.45, 7) is 1.52. The summed E-state index contributed by atoms with van der Waals surface area (Å²) in [5.74, 6) is -0.440. The molecule has 1 aliphatic rings. The fourth-order valence-corrected chi connectivity index (χ4v) is 4.35. The average Bonchev–Trinajstić information content (AvgIpc) is 2.96. The third-order valence-corrected chi connectivity index (χ3v) is 5.67. The lowest BCUT2D eigenvalue weighted by Gasteiger charge is -2.26. The monoisotopic (exact) mass is 364 g/mol. The van der Waals surface area contributed by atoms with Gasteiger partial charge >= 0.3 is 5.97 Å². The highest BCUT2D eigenvalue weighted by molar-refractivity contribution is 7.89. The molecule has 0 amide bonds. The van der Waals surface area contributed by atoms with Crippen molar-refractivity contribution >= 4 is 21.7 Å². The number of fused-ring (bicyclic) bond motifs is 1. The van der Waals surface area contributed by atoms with E-state index in [0.717, 1.165) is 24.0 Å². The van der Waals surface area contributed by atoms with Gasteiger partial charge in [-0.2, -0.15) is 0 Å². The Balaban J connectivity index is 1.90. The number of nitrogen functional groups attached to an aromatic ring is 1. The molecule has 1 heterocycles. The van der Waals surface area contributed by atoms with Crippen molar-refractivity contribution in [2.45, 2.75) is 37.3 Å². The van der Waals surface area contributed by atoms with Crippen molar-refractivity contribution in [3.8, 4) is 0 Å². The Morgan fingerprint density at radius 1 is 1.36 bits per heavy atom. The molecule has 0 spiro atoms. The molecular formula is C17H20N2O5S. The van der Waals surface area contributed by atoms with Crippen molar-refractivity contribution in [2.24, 2.45) is 0 Å². The fraction of sp³-hybridized carbons (Fsp3) is 0.353. The number of benzene rings is 1. The standard InChI is InChI=1S/C17H20N2O5S/c1-10-14(17(20)23-2)9-16(24-10)25(21,22)19-15-5-3-4-11-8-12(18)6-7-13(11)15/h6-9,15,19H,3-5,18H2,1-2H3. The van der Waals surface area contributed by atoms with Crippen LogP contribution in [0.2, 0.25) is 0 Å². The Kier molecular flexibility index (Phi) is 4.57. The zero-order valence-corrected chi connectivity index (χ0v) is 14.9. The molecule has 0 saturated heterocycles. The molecule has 1 aromatic heterocycles. The van der Waals surface area contributed by atoms with Crippen molar-refractivity contribution < 1.29 is 22.4 Å². The zero-order valence-electron chi connectivity index (χ0n) is 14.0. The Morgan fingerprint density at radius 3 is 2.84 bits per heavy atom. The van der Waals surface area contributed by atoms with Gasteiger partial charge in [0.25, 0.3) is 10.0 Å². The summed E-state index contributed by atoms with van der Waals surface area (Å²) in [6.07, 6.45) is 2.40. The molecule has 0 bridgehead atoms. The number of nitrogens with one attached hydrogen (secondary N) is 1. The number of ether oxygens (including phenoxy) is 1. The third kappa shape index (κ3) is 3.40. The van der Waals surface area contributed by atoms with Crippen LogP contribution in [0.4, 0.5) is 5.69 Å². The van der Waals surface area contributed by atoms with Crippen LogP contribution in [0.25, 0.3) is 0 Å². The third-order valence-electron chi connectivity index (χ3n) is 4.34. The minimum Gasteiger partial charge on any atom is -0.465 e. The number of nitrogens with two attached hydrogens (primary N) is 1. The predicted molar refractivity (Wildman–Crippen MR) is 91.6 cm³/mol. The first kappa shape index (κ1) is 17.5. The second kappa shape index (κ2) is 6.53. The maximum atomic E-state index is 12.7. The molecule has 25 heavy (non-hydrogen) atoms. The molecule has 1 aliphatic carbocycles. The number of furan rings is 1. The summed E-state index contributed by atoms with van der Waals surface area (Å²) >= 11 is 0. The van der Waals surface area contributed by atoms with E-state index in [1.807, 2.05) is 12.1 Å². The molecule has 1 aromatic carbocycles. The molecule has 0 fully saturated rings. The lowest BCUT2D eigenvalue weighted by atomic mass is 9.88. The molecule has 3 N–H and O–H groups in total. The number of hydrogen-bond donors (Lipinski definition) is 2. The van der Waals surface area contributed by atoms with Crippen LogP contribution in [0.1, 0.15) is 46.1 Å². The number of carbonyl (C=O) groups excluding carboxylic acids is 1. The van der Waals surface area contributed by atoms with Crippen LogP contribution < -0.4 is 10.5 Å². The van der Waals surface area contributed by atoms with Crippen molar-refractivity contribution in [2.75, 3.05) is 12.8 Å². The molecule has 0 radical (unpaired) electrons. The number of carbonyl (C=O) groups is 1. The number of aryl methyl sites for hydroxylation is 2. The van der Waals surface area contributed by atoms with E-state index in [-0.39, 0.29) is 22.5 Å². The molecule has 0 saturated carbocycles. The molecule has 3 rings (SSSR count). The smallest absolute Gasteiger partial charge is 0.341 e. The van der Waals surface area contributed by atoms with Crippen LogP contribution in [-0.4, -0.2) is 21.5 Å². The van der Waals surface area contributed by atoms with Gasteiger partial charge < -0.3 is 14.9 Å². The first-order valence-electron chi connectivity index (χ1n) is 7.91. The Labute approximate surface area is 146 Å². The summed E-state index contributed by atoms with van der Waals surface area (Å²) in [5, 5.41) is -0.298. The quantitative estimate of drug-likeness (QED) is 0.636. The van der Waals surface area contributed by atoms with E-state index in [2.05, 4.69) is 9.46 Å². The normalized spacial score (nSPS) is 17.1.